The Balaban J connectivity index is 1.63. The third-order valence-electron chi connectivity index (χ3n) is 7.15. The number of methoxy groups -OCH3 is 1. The summed E-state index contributed by atoms with van der Waals surface area (Å²) < 4.78 is 5.56. The first kappa shape index (κ1) is 25.4. The Kier molecular flexibility index (Phi) is 7.17. The van der Waals surface area contributed by atoms with E-state index in [1.807, 2.05) is 23.1 Å². The summed E-state index contributed by atoms with van der Waals surface area (Å²) in [5.41, 5.74) is 2.49. The molecule has 8 nitrogen and oxygen atoms in total. The number of nitrogens with one attached hydrogen (secondary N) is 1. The summed E-state index contributed by atoms with van der Waals surface area (Å²) in [4.78, 5) is 47.5. The third kappa shape index (κ3) is 4.60. The average molecular weight is 491 g/mol. The van der Waals surface area contributed by atoms with Gasteiger partial charge in [0.15, 0.2) is 0 Å². The molecule has 3 aromatic rings. The molecule has 0 aliphatic carbocycles. The van der Waals surface area contributed by atoms with Gasteiger partial charge in [0.05, 0.1) is 18.2 Å². The van der Waals surface area contributed by atoms with Gasteiger partial charge >= 0.3 is 0 Å². The minimum Gasteiger partial charge on any atom is -0.496 e. The third-order valence-corrected chi connectivity index (χ3v) is 7.15. The molecule has 1 aliphatic rings. The Labute approximate surface area is 211 Å². The van der Waals surface area contributed by atoms with Crippen LogP contribution in [0.15, 0.2) is 48.7 Å². The minimum atomic E-state index is -0.625. The van der Waals surface area contributed by atoms with E-state index in [2.05, 4.69) is 42.8 Å². The highest BCUT2D eigenvalue weighted by Gasteiger charge is 2.36. The smallest absolute Gasteiger partial charge is 0.294 e. The number of benzene rings is 2. The molecule has 0 bridgehead atoms. The number of fused-ring (bicyclic) bond motifs is 1. The van der Waals surface area contributed by atoms with Crippen LogP contribution in [0.1, 0.15) is 53.1 Å². The highest BCUT2D eigenvalue weighted by molar-refractivity contribution is 6.44. The van der Waals surface area contributed by atoms with Gasteiger partial charge in [-0.2, -0.15) is 0 Å². The molecular formula is C28H34N4O4. The predicted octanol–water partition coefficient (Wildman–Crippen LogP) is 3.74. The van der Waals surface area contributed by atoms with Gasteiger partial charge in [0.2, 0.25) is 0 Å². The van der Waals surface area contributed by atoms with Gasteiger partial charge < -0.3 is 19.5 Å². The summed E-state index contributed by atoms with van der Waals surface area (Å²) in [6.45, 7) is 7.70. The number of likely N-dealkylation sites (N-methyl/N-ethyl adjacent to an activating group) is 1. The van der Waals surface area contributed by atoms with Gasteiger partial charge in [-0.3, -0.25) is 19.3 Å². The van der Waals surface area contributed by atoms with E-state index < -0.39 is 11.7 Å². The van der Waals surface area contributed by atoms with Gasteiger partial charge in [-0.15, -0.1) is 0 Å². The summed E-state index contributed by atoms with van der Waals surface area (Å²) in [6.07, 6.45) is 1.51. The molecule has 8 heteroatoms. The van der Waals surface area contributed by atoms with Crippen LogP contribution >= 0.6 is 0 Å². The quantitative estimate of drug-likeness (QED) is 0.420. The molecule has 1 aliphatic heterocycles. The molecule has 3 atom stereocenters. The van der Waals surface area contributed by atoms with Crippen LogP contribution < -0.4 is 4.74 Å². The number of piperazine rings is 1. The van der Waals surface area contributed by atoms with Crippen LogP contribution in [0.5, 0.6) is 5.75 Å². The second-order valence-electron chi connectivity index (χ2n) is 9.77. The molecule has 1 saturated heterocycles. The maximum atomic E-state index is 13.8. The topological polar surface area (TPSA) is 85.9 Å². The Morgan fingerprint density at radius 1 is 1.03 bits per heavy atom. The molecule has 1 N–H and O–H groups in total. The molecule has 4 rings (SSSR count). The number of ketones is 1. The first-order chi connectivity index (χ1) is 17.1. The monoisotopic (exact) mass is 490 g/mol. The van der Waals surface area contributed by atoms with Crippen LogP contribution in [-0.2, 0) is 4.79 Å². The van der Waals surface area contributed by atoms with E-state index in [0.29, 0.717) is 28.8 Å². The van der Waals surface area contributed by atoms with E-state index >= 15 is 0 Å². The molecule has 0 radical (unpaired) electrons. The largest absolute Gasteiger partial charge is 0.496 e. The van der Waals surface area contributed by atoms with Gasteiger partial charge in [0, 0.05) is 68.5 Å². The van der Waals surface area contributed by atoms with Crippen molar-refractivity contribution in [2.75, 3.05) is 34.3 Å². The van der Waals surface area contributed by atoms with Crippen LogP contribution in [0.3, 0.4) is 0 Å². The molecule has 2 aromatic carbocycles. The van der Waals surface area contributed by atoms with E-state index in [1.165, 1.54) is 37.9 Å². The van der Waals surface area contributed by atoms with Crippen molar-refractivity contribution < 1.29 is 19.1 Å². The Morgan fingerprint density at radius 3 is 2.36 bits per heavy atom. The minimum absolute atomic E-state index is 0.0251. The number of aromatic nitrogens is 1. The lowest BCUT2D eigenvalue weighted by Gasteiger charge is -2.46. The first-order valence-corrected chi connectivity index (χ1v) is 12.2. The molecule has 1 aromatic heterocycles. The van der Waals surface area contributed by atoms with E-state index in [4.69, 9.17) is 4.74 Å². The second-order valence-corrected chi connectivity index (χ2v) is 9.77. The van der Waals surface area contributed by atoms with Crippen LogP contribution in [0.25, 0.3) is 10.9 Å². The van der Waals surface area contributed by atoms with Crippen LogP contribution in [0.2, 0.25) is 0 Å². The normalized spacial score (nSPS) is 19.2. The SMILES string of the molecule is COc1cc2[nH]cc(C(=O)C(=O)N(C)C)c2cc1C(=O)N1CC(C)N(C(C)c2ccccc2)CC1C. The molecule has 0 spiro atoms. The molecule has 190 valence electrons. The number of hydrogen-bond donors (Lipinski definition) is 1. The molecule has 1 fully saturated rings. The maximum absolute atomic E-state index is 13.8. The lowest BCUT2D eigenvalue weighted by Crippen LogP contribution is -2.58. The van der Waals surface area contributed by atoms with Crippen molar-refractivity contribution in [2.45, 2.75) is 38.9 Å². The zero-order chi connectivity index (χ0) is 26.1. The molecule has 0 saturated carbocycles. The van der Waals surface area contributed by atoms with Crippen molar-refractivity contribution in [1.29, 1.82) is 0 Å². The zero-order valence-corrected chi connectivity index (χ0v) is 21.7. The van der Waals surface area contributed by atoms with Crippen LogP contribution in [0, 0.1) is 0 Å². The predicted molar refractivity (Wildman–Crippen MR) is 139 cm³/mol. The number of carbonyl (C=O) groups excluding carboxylic acids is 3. The van der Waals surface area contributed by atoms with Gasteiger partial charge in [0.1, 0.15) is 5.75 Å². The molecule has 2 amide bonds. The van der Waals surface area contributed by atoms with E-state index in [1.54, 1.807) is 12.1 Å². The standard InChI is InChI=1S/C28H34N4O4/c1-17-16-32(18(2)15-31(17)19(3)20-10-8-7-9-11-20)27(34)22-12-21-23(26(33)28(35)30(4)5)14-29-24(21)13-25(22)36-6/h7-14,17-19,29H,15-16H2,1-6H3. The average Bonchev–Trinajstić information content (AvgIpc) is 3.30. The highest BCUT2D eigenvalue weighted by Crippen LogP contribution is 2.32. The van der Waals surface area contributed by atoms with Crippen molar-refractivity contribution in [2.24, 2.45) is 0 Å². The summed E-state index contributed by atoms with van der Waals surface area (Å²) in [6, 6.07) is 14.1. The van der Waals surface area contributed by atoms with Gasteiger partial charge in [-0.05, 0) is 32.4 Å². The van der Waals surface area contributed by atoms with E-state index in [0.717, 1.165) is 6.54 Å². The number of nitrogens with zero attached hydrogens (tertiary/aromatic N) is 3. The number of ether oxygens (including phenoxy) is 1. The van der Waals surface area contributed by atoms with E-state index in [-0.39, 0.29) is 29.6 Å². The Hall–Kier alpha value is -3.65. The van der Waals surface area contributed by atoms with Crippen molar-refractivity contribution >= 4 is 28.5 Å². The van der Waals surface area contributed by atoms with Gasteiger partial charge in [-0.25, -0.2) is 0 Å². The summed E-state index contributed by atoms with van der Waals surface area (Å²) in [5, 5.41) is 0.524. The first-order valence-electron chi connectivity index (χ1n) is 12.2. The number of Topliss-reactive ketones (excluding diaryl/α,β-unsaturated/α-hetero) is 1. The summed E-state index contributed by atoms with van der Waals surface area (Å²) in [7, 11) is 4.59. The number of hydrogen-bond acceptors (Lipinski definition) is 5. The number of rotatable bonds is 6. The highest BCUT2D eigenvalue weighted by atomic mass is 16.5. The van der Waals surface area contributed by atoms with Crippen molar-refractivity contribution in [3.8, 4) is 5.75 Å². The number of amides is 2. The van der Waals surface area contributed by atoms with E-state index in [9.17, 15) is 14.4 Å². The van der Waals surface area contributed by atoms with Gasteiger partial charge in [0.25, 0.3) is 17.6 Å². The fraction of sp³-hybridized carbons (Fsp3) is 0.393. The second kappa shape index (κ2) is 10.1. The number of H-pyrrole nitrogens is 1. The van der Waals surface area contributed by atoms with Crippen molar-refractivity contribution in [3.05, 3.63) is 65.4 Å². The fourth-order valence-corrected chi connectivity index (χ4v) is 5.05. The van der Waals surface area contributed by atoms with Crippen LogP contribution in [-0.4, -0.2) is 83.7 Å². The van der Waals surface area contributed by atoms with Crippen molar-refractivity contribution in [1.82, 2.24) is 19.7 Å². The molecular weight excluding hydrogens is 456 g/mol. The lowest BCUT2D eigenvalue weighted by atomic mass is 9.99. The fourth-order valence-electron chi connectivity index (χ4n) is 5.05. The van der Waals surface area contributed by atoms with Crippen LogP contribution in [0.4, 0.5) is 0 Å². The lowest BCUT2D eigenvalue weighted by molar-refractivity contribution is -0.124. The maximum Gasteiger partial charge on any atom is 0.294 e. The zero-order valence-electron chi connectivity index (χ0n) is 21.7. The Morgan fingerprint density at radius 2 is 1.72 bits per heavy atom. The number of carbonyl (C=O) groups is 3. The number of aromatic amines is 1. The molecule has 36 heavy (non-hydrogen) atoms. The van der Waals surface area contributed by atoms with Crippen molar-refractivity contribution in [3.63, 3.8) is 0 Å². The van der Waals surface area contributed by atoms with Gasteiger partial charge in [-0.1, -0.05) is 30.3 Å². The summed E-state index contributed by atoms with van der Waals surface area (Å²) >= 11 is 0. The molecule has 2 heterocycles. The summed E-state index contributed by atoms with van der Waals surface area (Å²) in [5.74, 6) is -0.975. The molecule has 3 unspecified atom stereocenters. The Bertz CT molecular complexity index is 1280.